The molecule has 3 heteroatoms. The van der Waals surface area contributed by atoms with Crippen molar-refractivity contribution in [2.24, 2.45) is 5.41 Å². The Kier molecular flexibility index (Phi) is 2.92. The predicted octanol–water partition coefficient (Wildman–Crippen LogP) is 3.63. The lowest BCUT2D eigenvalue weighted by molar-refractivity contribution is -0.127. The molecule has 1 aliphatic carbocycles. The van der Waals surface area contributed by atoms with Crippen LogP contribution < -0.4 is 0 Å². The smallest absolute Gasteiger partial charge is 0.227 e. The first-order valence-corrected chi connectivity index (χ1v) is 6.84. The Morgan fingerprint density at radius 2 is 2.05 bits per heavy atom. The van der Waals surface area contributed by atoms with Crippen LogP contribution in [0.15, 0.2) is 36.0 Å². The first-order valence-electron chi connectivity index (χ1n) is 6.84. The fraction of sp³-hybridized carbons (Fsp3) is 0.438. The Morgan fingerprint density at radius 1 is 1.32 bits per heavy atom. The number of likely N-dealkylation sites (tertiary alicyclic amines) is 1. The molecule has 0 radical (unpaired) electrons. The van der Waals surface area contributed by atoms with E-state index >= 15 is 0 Å². The second kappa shape index (κ2) is 4.48. The van der Waals surface area contributed by atoms with Gasteiger partial charge in [0.15, 0.2) is 0 Å². The summed E-state index contributed by atoms with van der Waals surface area (Å²) in [4.78, 5) is 14.1. The quantitative estimate of drug-likeness (QED) is 0.794. The van der Waals surface area contributed by atoms with Gasteiger partial charge in [-0.05, 0) is 37.0 Å². The molecule has 1 heterocycles. The van der Waals surface area contributed by atoms with Crippen LogP contribution in [0.3, 0.4) is 0 Å². The minimum Gasteiger partial charge on any atom is -0.312 e. The Labute approximate surface area is 112 Å². The van der Waals surface area contributed by atoms with Crippen LogP contribution in [0.4, 0.5) is 4.39 Å². The summed E-state index contributed by atoms with van der Waals surface area (Å²) in [7, 11) is 0. The van der Waals surface area contributed by atoms with Gasteiger partial charge in [0.25, 0.3) is 0 Å². The van der Waals surface area contributed by atoms with E-state index in [0.717, 1.165) is 24.8 Å². The average Bonchev–Trinajstić information content (AvgIpc) is 2.63. The molecule has 1 atom stereocenters. The number of rotatable bonds is 2. The molecule has 1 aliphatic heterocycles. The standard InChI is InChI=1S/C16H18FNO/c1-16-9-3-2-4-14(16)18(15(19)10-16)11-12-5-7-13(17)8-6-12/h4-8H,2-3,9-11H2,1H3. The molecule has 1 amide bonds. The summed E-state index contributed by atoms with van der Waals surface area (Å²) in [6.07, 6.45) is 6.12. The molecule has 1 aromatic rings. The van der Waals surface area contributed by atoms with E-state index in [1.54, 1.807) is 12.1 Å². The summed E-state index contributed by atoms with van der Waals surface area (Å²) >= 11 is 0. The van der Waals surface area contributed by atoms with Gasteiger partial charge in [-0.1, -0.05) is 25.1 Å². The number of hydrogen-bond acceptors (Lipinski definition) is 1. The molecule has 3 rings (SSSR count). The van der Waals surface area contributed by atoms with Gasteiger partial charge in [-0.15, -0.1) is 0 Å². The minimum absolute atomic E-state index is 0.0232. The normalized spacial score (nSPS) is 26.3. The third kappa shape index (κ3) is 2.18. The molecule has 0 spiro atoms. The topological polar surface area (TPSA) is 20.3 Å². The van der Waals surface area contributed by atoms with Gasteiger partial charge in [-0.3, -0.25) is 4.79 Å². The van der Waals surface area contributed by atoms with Crippen LogP contribution in [0.2, 0.25) is 0 Å². The zero-order valence-electron chi connectivity index (χ0n) is 11.2. The molecule has 1 fully saturated rings. The van der Waals surface area contributed by atoms with E-state index in [-0.39, 0.29) is 17.1 Å². The van der Waals surface area contributed by atoms with Crippen molar-refractivity contribution in [2.45, 2.75) is 39.2 Å². The van der Waals surface area contributed by atoms with Gasteiger partial charge in [0, 0.05) is 17.5 Å². The number of benzene rings is 1. The number of allylic oxidation sites excluding steroid dienone is 2. The second-order valence-corrected chi connectivity index (χ2v) is 5.83. The Bertz CT molecular complexity index is 534. The minimum atomic E-state index is -0.238. The van der Waals surface area contributed by atoms with Crippen molar-refractivity contribution in [3.8, 4) is 0 Å². The van der Waals surface area contributed by atoms with Gasteiger partial charge in [0.1, 0.15) is 5.82 Å². The molecule has 1 unspecified atom stereocenters. The van der Waals surface area contributed by atoms with Crippen molar-refractivity contribution in [1.29, 1.82) is 0 Å². The number of carbonyl (C=O) groups excluding carboxylic acids is 1. The van der Waals surface area contributed by atoms with E-state index in [1.807, 2.05) is 4.90 Å². The third-order valence-electron chi connectivity index (χ3n) is 4.28. The largest absolute Gasteiger partial charge is 0.312 e. The highest BCUT2D eigenvalue weighted by Gasteiger charge is 2.44. The highest BCUT2D eigenvalue weighted by atomic mass is 19.1. The maximum Gasteiger partial charge on any atom is 0.227 e. The van der Waals surface area contributed by atoms with Gasteiger partial charge in [-0.2, -0.15) is 0 Å². The van der Waals surface area contributed by atoms with Gasteiger partial charge < -0.3 is 4.90 Å². The van der Waals surface area contributed by atoms with E-state index in [1.165, 1.54) is 17.8 Å². The van der Waals surface area contributed by atoms with Crippen LogP contribution in [0.5, 0.6) is 0 Å². The zero-order chi connectivity index (χ0) is 13.5. The SMILES string of the molecule is CC12CCCC=C1N(Cc1ccc(F)cc1)C(=O)C2. The average molecular weight is 259 g/mol. The highest BCUT2D eigenvalue weighted by Crippen LogP contribution is 2.47. The van der Waals surface area contributed by atoms with E-state index in [4.69, 9.17) is 0 Å². The lowest BCUT2D eigenvalue weighted by Crippen LogP contribution is -2.26. The highest BCUT2D eigenvalue weighted by molar-refractivity contribution is 5.83. The molecule has 1 aromatic carbocycles. The number of halogens is 1. The number of hydrogen-bond donors (Lipinski definition) is 0. The molecule has 2 nitrogen and oxygen atoms in total. The van der Waals surface area contributed by atoms with Gasteiger partial charge in [-0.25, -0.2) is 4.39 Å². The second-order valence-electron chi connectivity index (χ2n) is 5.83. The summed E-state index contributed by atoms with van der Waals surface area (Å²) in [5.74, 6) is -0.0433. The van der Waals surface area contributed by atoms with Crippen LogP contribution >= 0.6 is 0 Å². The van der Waals surface area contributed by atoms with Crippen LogP contribution in [0, 0.1) is 11.2 Å². The maximum atomic E-state index is 12.9. The maximum absolute atomic E-state index is 12.9. The van der Waals surface area contributed by atoms with Crippen LogP contribution in [-0.4, -0.2) is 10.8 Å². The third-order valence-corrected chi connectivity index (χ3v) is 4.28. The number of nitrogens with zero attached hydrogens (tertiary/aromatic N) is 1. The number of carbonyl (C=O) groups is 1. The predicted molar refractivity (Wildman–Crippen MR) is 71.6 cm³/mol. The van der Waals surface area contributed by atoms with Gasteiger partial charge in [0.05, 0.1) is 6.54 Å². The van der Waals surface area contributed by atoms with E-state index in [2.05, 4.69) is 13.0 Å². The van der Waals surface area contributed by atoms with E-state index in [0.29, 0.717) is 13.0 Å². The summed E-state index contributed by atoms with van der Waals surface area (Å²) in [6.45, 7) is 2.74. The summed E-state index contributed by atoms with van der Waals surface area (Å²) in [6, 6.07) is 6.40. The lowest BCUT2D eigenvalue weighted by Gasteiger charge is -2.31. The number of amides is 1. The Morgan fingerprint density at radius 3 is 2.79 bits per heavy atom. The van der Waals surface area contributed by atoms with Crippen LogP contribution in [0.25, 0.3) is 0 Å². The molecule has 0 N–H and O–H groups in total. The fourth-order valence-corrected chi connectivity index (χ4v) is 3.23. The van der Waals surface area contributed by atoms with E-state index in [9.17, 15) is 9.18 Å². The molecular weight excluding hydrogens is 241 g/mol. The van der Waals surface area contributed by atoms with Crippen molar-refractivity contribution < 1.29 is 9.18 Å². The lowest BCUT2D eigenvalue weighted by atomic mass is 9.77. The molecule has 2 aliphatic rings. The van der Waals surface area contributed by atoms with Gasteiger partial charge >= 0.3 is 0 Å². The monoisotopic (exact) mass is 259 g/mol. The van der Waals surface area contributed by atoms with Crippen molar-refractivity contribution >= 4 is 5.91 Å². The molecule has 19 heavy (non-hydrogen) atoms. The Balaban J connectivity index is 1.86. The van der Waals surface area contributed by atoms with Crippen molar-refractivity contribution in [3.05, 3.63) is 47.4 Å². The summed E-state index contributed by atoms with van der Waals surface area (Å²) in [5, 5.41) is 0. The van der Waals surface area contributed by atoms with Gasteiger partial charge in [0.2, 0.25) is 5.91 Å². The van der Waals surface area contributed by atoms with Crippen molar-refractivity contribution in [3.63, 3.8) is 0 Å². The summed E-state index contributed by atoms with van der Waals surface area (Å²) in [5.41, 5.74) is 2.17. The van der Waals surface area contributed by atoms with Crippen LogP contribution in [-0.2, 0) is 11.3 Å². The zero-order valence-corrected chi connectivity index (χ0v) is 11.2. The first-order chi connectivity index (χ1) is 9.08. The van der Waals surface area contributed by atoms with Crippen molar-refractivity contribution in [1.82, 2.24) is 4.90 Å². The van der Waals surface area contributed by atoms with Crippen LogP contribution in [0.1, 0.15) is 38.2 Å². The number of fused-ring (bicyclic) bond motifs is 1. The van der Waals surface area contributed by atoms with E-state index < -0.39 is 0 Å². The molecule has 0 aromatic heterocycles. The molecular formula is C16H18FNO. The molecule has 1 saturated heterocycles. The molecule has 0 saturated carbocycles. The first kappa shape index (κ1) is 12.4. The molecule has 0 bridgehead atoms. The fourth-order valence-electron chi connectivity index (χ4n) is 3.23. The van der Waals surface area contributed by atoms with Crippen molar-refractivity contribution in [2.75, 3.05) is 0 Å². The Hall–Kier alpha value is -1.64. The summed E-state index contributed by atoms with van der Waals surface area (Å²) < 4.78 is 12.9. The molecule has 100 valence electrons.